The van der Waals surface area contributed by atoms with Gasteiger partial charge in [-0.1, -0.05) is 33.0 Å². The van der Waals surface area contributed by atoms with Crippen molar-refractivity contribution in [2.45, 2.75) is 46.2 Å². The zero-order chi connectivity index (χ0) is 13.6. The number of thiocarbonyl (C=S) groups is 1. The summed E-state index contributed by atoms with van der Waals surface area (Å²) in [6, 6.07) is -1.12. The molecule has 2 atom stereocenters. The number of primary amides is 1. The number of amides is 2. The van der Waals surface area contributed by atoms with Gasteiger partial charge in [-0.25, -0.2) is 0 Å². The molecule has 0 aliphatic carbocycles. The van der Waals surface area contributed by atoms with Crippen LogP contribution in [0.2, 0.25) is 0 Å². The Hall–Kier alpha value is -1.17. The smallest absolute Gasteiger partial charge is 0.243 e. The predicted octanol–water partition coefficient (Wildman–Crippen LogP) is 0.328. The number of carbonyl (C=O) groups excluding carboxylic acids is 2. The topological polar surface area (TPSA) is 84.2 Å². The van der Waals surface area contributed by atoms with Gasteiger partial charge in [0.25, 0.3) is 0 Å². The van der Waals surface area contributed by atoms with Crippen molar-refractivity contribution < 1.29 is 9.59 Å². The summed E-state index contributed by atoms with van der Waals surface area (Å²) in [4.78, 5) is 23.4. The van der Waals surface area contributed by atoms with Gasteiger partial charge in [-0.2, -0.15) is 0 Å². The molecule has 0 heterocycles. The van der Waals surface area contributed by atoms with Gasteiger partial charge in [0.05, 0.1) is 4.99 Å². The summed E-state index contributed by atoms with van der Waals surface area (Å²) in [5, 5.41) is 5.53. The third-order valence-electron chi connectivity index (χ3n) is 2.37. The minimum atomic E-state index is -0.680. The molecule has 5 nitrogen and oxygen atoms in total. The van der Waals surface area contributed by atoms with Crippen LogP contribution >= 0.6 is 12.2 Å². The van der Waals surface area contributed by atoms with E-state index in [9.17, 15) is 9.59 Å². The lowest BCUT2D eigenvalue weighted by molar-refractivity contribution is -0.128. The number of hydrogen-bond acceptors (Lipinski definition) is 3. The minimum absolute atomic E-state index is 0.0691. The van der Waals surface area contributed by atoms with E-state index in [2.05, 4.69) is 10.6 Å². The van der Waals surface area contributed by atoms with Gasteiger partial charge in [-0.05, 0) is 19.3 Å². The maximum absolute atomic E-state index is 11.9. The van der Waals surface area contributed by atoms with E-state index >= 15 is 0 Å². The number of nitrogens with one attached hydrogen (secondary N) is 2. The summed E-state index contributed by atoms with van der Waals surface area (Å²) in [5.74, 6) is -0.749. The monoisotopic (exact) mass is 259 g/mol. The summed E-state index contributed by atoms with van der Waals surface area (Å²) in [6.07, 6.45) is 0.678. The van der Waals surface area contributed by atoms with Crippen molar-refractivity contribution in [3.8, 4) is 0 Å². The zero-order valence-electron chi connectivity index (χ0n) is 10.7. The second-order valence-electron chi connectivity index (χ2n) is 4.28. The van der Waals surface area contributed by atoms with Crippen LogP contribution in [0.3, 0.4) is 0 Å². The Labute approximate surface area is 108 Å². The van der Waals surface area contributed by atoms with E-state index in [0.29, 0.717) is 11.4 Å². The molecule has 0 aliphatic heterocycles. The van der Waals surface area contributed by atoms with E-state index in [1.165, 1.54) is 0 Å². The highest BCUT2D eigenvalue weighted by Crippen LogP contribution is 2.03. The van der Waals surface area contributed by atoms with Gasteiger partial charge >= 0.3 is 0 Å². The molecule has 0 radical (unpaired) electrons. The van der Waals surface area contributed by atoms with Gasteiger partial charge < -0.3 is 16.4 Å². The van der Waals surface area contributed by atoms with Crippen molar-refractivity contribution in [3.05, 3.63) is 0 Å². The molecule has 0 saturated carbocycles. The van der Waals surface area contributed by atoms with Gasteiger partial charge in [0, 0.05) is 0 Å². The van der Waals surface area contributed by atoms with Crippen molar-refractivity contribution in [3.63, 3.8) is 0 Å². The minimum Gasteiger partial charge on any atom is -0.368 e. The van der Waals surface area contributed by atoms with Crippen LogP contribution in [-0.4, -0.2) is 28.9 Å². The summed E-state index contributed by atoms with van der Waals surface area (Å²) in [6.45, 7) is 7.28. The highest BCUT2D eigenvalue weighted by Gasteiger charge is 2.24. The van der Waals surface area contributed by atoms with Crippen LogP contribution in [0.25, 0.3) is 0 Å². The SMILES string of the molecule is CCC(=S)N[C@H](C(=O)N[C@@H](C)C(N)=O)C(C)C. The van der Waals surface area contributed by atoms with Gasteiger partial charge in [-0.15, -0.1) is 0 Å². The number of hydrogen-bond donors (Lipinski definition) is 3. The Bertz CT molecular complexity index is 305. The molecule has 98 valence electrons. The maximum atomic E-state index is 11.9. The van der Waals surface area contributed by atoms with Crippen molar-refractivity contribution in [1.29, 1.82) is 0 Å². The first-order chi connectivity index (χ1) is 7.79. The average Bonchev–Trinajstić information content (AvgIpc) is 2.24. The summed E-state index contributed by atoms with van der Waals surface area (Å²) < 4.78 is 0. The lowest BCUT2D eigenvalue weighted by atomic mass is 10.0. The molecule has 17 heavy (non-hydrogen) atoms. The zero-order valence-corrected chi connectivity index (χ0v) is 11.6. The molecule has 0 unspecified atom stereocenters. The van der Waals surface area contributed by atoms with Crippen molar-refractivity contribution >= 4 is 29.0 Å². The Kier molecular flexibility index (Phi) is 6.72. The Morgan fingerprint density at radius 1 is 1.24 bits per heavy atom. The summed E-state index contributed by atoms with van der Waals surface area (Å²) in [7, 11) is 0. The molecule has 0 bridgehead atoms. The van der Waals surface area contributed by atoms with Gasteiger partial charge in [0.15, 0.2) is 0 Å². The second-order valence-corrected chi connectivity index (χ2v) is 4.77. The van der Waals surface area contributed by atoms with Crippen molar-refractivity contribution in [2.24, 2.45) is 11.7 Å². The van der Waals surface area contributed by atoms with Crippen molar-refractivity contribution in [1.82, 2.24) is 10.6 Å². The van der Waals surface area contributed by atoms with E-state index in [1.54, 1.807) is 6.92 Å². The van der Waals surface area contributed by atoms with Crippen LogP contribution in [0.4, 0.5) is 0 Å². The molecule has 6 heteroatoms. The van der Waals surface area contributed by atoms with Crippen molar-refractivity contribution in [2.75, 3.05) is 0 Å². The Balaban J connectivity index is 4.55. The fraction of sp³-hybridized carbons (Fsp3) is 0.727. The van der Waals surface area contributed by atoms with Gasteiger partial charge in [-0.3, -0.25) is 9.59 Å². The van der Waals surface area contributed by atoms with E-state index < -0.39 is 18.0 Å². The summed E-state index contributed by atoms with van der Waals surface area (Å²) >= 11 is 5.05. The Morgan fingerprint density at radius 3 is 2.12 bits per heavy atom. The van der Waals surface area contributed by atoms with E-state index in [-0.39, 0.29) is 11.8 Å². The predicted molar refractivity (Wildman–Crippen MR) is 71.4 cm³/mol. The first-order valence-corrected chi connectivity index (χ1v) is 6.09. The van der Waals surface area contributed by atoms with Crippen LogP contribution in [0, 0.1) is 5.92 Å². The largest absolute Gasteiger partial charge is 0.368 e. The van der Waals surface area contributed by atoms with E-state index in [0.717, 1.165) is 0 Å². The average molecular weight is 259 g/mol. The lowest BCUT2D eigenvalue weighted by Gasteiger charge is -2.24. The number of rotatable bonds is 6. The quantitative estimate of drug-likeness (QED) is 0.600. The molecule has 0 fully saturated rings. The first-order valence-electron chi connectivity index (χ1n) is 5.68. The highest BCUT2D eigenvalue weighted by atomic mass is 32.1. The molecular formula is C11H21N3O2S. The Morgan fingerprint density at radius 2 is 1.76 bits per heavy atom. The lowest BCUT2D eigenvalue weighted by Crippen LogP contribution is -2.53. The molecule has 0 aromatic heterocycles. The molecule has 0 saturated heterocycles. The highest BCUT2D eigenvalue weighted by molar-refractivity contribution is 7.80. The van der Waals surface area contributed by atoms with E-state index in [4.69, 9.17) is 18.0 Å². The molecule has 0 aliphatic rings. The normalized spacial score (nSPS) is 13.9. The third kappa shape index (κ3) is 5.63. The summed E-state index contributed by atoms with van der Waals surface area (Å²) in [5.41, 5.74) is 5.09. The number of nitrogens with two attached hydrogens (primary N) is 1. The third-order valence-corrected chi connectivity index (χ3v) is 2.78. The van der Waals surface area contributed by atoms with Crippen LogP contribution < -0.4 is 16.4 Å². The van der Waals surface area contributed by atoms with E-state index in [1.807, 2.05) is 20.8 Å². The van der Waals surface area contributed by atoms with Gasteiger partial charge in [0.2, 0.25) is 11.8 Å². The molecule has 0 spiro atoms. The maximum Gasteiger partial charge on any atom is 0.243 e. The fourth-order valence-electron chi connectivity index (χ4n) is 1.18. The standard InChI is InChI=1S/C11H21N3O2S/c1-5-8(17)14-9(6(2)3)11(16)13-7(4)10(12)15/h6-7,9H,5H2,1-4H3,(H2,12,15)(H,13,16)(H,14,17)/t7-,9-/m0/s1. The van der Waals surface area contributed by atoms with Crippen LogP contribution in [-0.2, 0) is 9.59 Å². The molecule has 4 N–H and O–H groups in total. The fourth-order valence-corrected chi connectivity index (χ4v) is 1.31. The molecule has 0 rings (SSSR count). The number of carbonyl (C=O) groups is 2. The molecule has 2 amide bonds. The van der Waals surface area contributed by atoms with Gasteiger partial charge in [0.1, 0.15) is 12.1 Å². The van der Waals surface area contributed by atoms with Crippen LogP contribution in [0.1, 0.15) is 34.1 Å². The molecule has 0 aromatic rings. The molecular weight excluding hydrogens is 238 g/mol. The van der Waals surface area contributed by atoms with Crippen LogP contribution in [0.5, 0.6) is 0 Å². The van der Waals surface area contributed by atoms with Crippen LogP contribution in [0.15, 0.2) is 0 Å². The molecule has 0 aromatic carbocycles. The first kappa shape index (κ1) is 15.8. The second kappa shape index (κ2) is 7.21.